The van der Waals surface area contributed by atoms with Crippen molar-refractivity contribution in [3.05, 3.63) is 0 Å². The summed E-state index contributed by atoms with van der Waals surface area (Å²) in [6.07, 6.45) is 0.325. The smallest absolute Gasteiger partial charge is 0.184 e. The second-order valence-electron chi connectivity index (χ2n) is 5.80. The number of ketones is 1. The minimum absolute atomic E-state index is 0.0899. The van der Waals surface area contributed by atoms with E-state index in [1.165, 1.54) is 0 Å². The molecule has 14 heavy (non-hydrogen) atoms. The van der Waals surface area contributed by atoms with Crippen molar-refractivity contribution in [3.63, 3.8) is 0 Å². The van der Waals surface area contributed by atoms with Gasteiger partial charge in [0.1, 0.15) is 6.10 Å². The Kier molecular flexibility index (Phi) is 4.53. The highest BCUT2D eigenvalue weighted by Gasteiger charge is 2.34. The zero-order valence-electron chi connectivity index (χ0n) is 10.6. The van der Waals surface area contributed by atoms with Crippen LogP contribution in [0.2, 0.25) is 19.6 Å². The number of Topliss-reactive ketones (excluding diaryl/α,β-unsaturated/α-hetero) is 1. The van der Waals surface area contributed by atoms with E-state index in [9.17, 15) is 4.79 Å². The molecule has 0 aromatic carbocycles. The van der Waals surface area contributed by atoms with Crippen LogP contribution in [0.5, 0.6) is 0 Å². The van der Waals surface area contributed by atoms with E-state index in [1.54, 1.807) is 0 Å². The van der Waals surface area contributed by atoms with Gasteiger partial charge in [-0.25, -0.2) is 0 Å². The van der Waals surface area contributed by atoms with Crippen LogP contribution in [0.1, 0.15) is 34.1 Å². The van der Waals surface area contributed by atoms with Crippen LogP contribution < -0.4 is 0 Å². The highest BCUT2D eigenvalue weighted by atomic mass is 28.4. The summed E-state index contributed by atoms with van der Waals surface area (Å²) in [5, 5.41) is 0. The predicted molar refractivity (Wildman–Crippen MR) is 63.0 cm³/mol. The molecule has 0 amide bonds. The van der Waals surface area contributed by atoms with Crippen LogP contribution in [0.25, 0.3) is 0 Å². The number of carbonyl (C=O) groups is 1. The largest absolute Gasteiger partial charge is 0.407 e. The summed E-state index contributed by atoms with van der Waals surface area (Å²) in [6.45, 7) is 14.4. The summed E-state index contributed by atoms with van der Waals surface area (Å²) >= 11 is 0. The lowest BCUT2D eigenvalue weighted by atomic mass is 9.86. The van der Waals surface area contributed by atoms with Gasteiger partial charge in [-0.2, -0.15) is 0 Å². The summed E-state index contributed by atoms with van der Waals surface area (Å²) in [7, 11) is -1.63. The van der Waals surface area contributed by atoms with E-state index in [2.05, 4.69) is 40.4 Å². The molecule has 0 bridgehead atoms. The maximum Gasteiger partial charge on any atom is 0.184 e. The Balaban J connectivity index is 4.67. The molecule has 0 fully saturated rings. The van der Waals surface area contributed by atoms with Crippen LogP contribution in [0.15, 0.2) is 0 Å². The molecule has 0 N–H and O–H groups in total. The van der Waals surface area contributed by atoms with E-state index in [4.69, 9.17) is 4.43 Å². The van der Waals surface area contributed by atoms with Crippen molar-refractivity contribution in [2.45, 2.75) is 59.9 Å². The molecule has 0 rings (SSSR count). The Morgan fingerprint density at radius 3 is 1.93 bits per heavy atom. The molecule has 0 spiro atoms. The molecule has 0 saturated heterocycles. The third-order valence-corrected chi connectivity index (χ3v) is 2.84. The van der Waals surface area contributed by atoms with Crippen LogP contribution in [0.3, 0.4) is 0 Å². The number of hydrogen-bond acceptors (Lipinski definition) is 2. The fourth-order valence-corrected chi connectivity index (χ4v) is 2.46. The average molecular weight is 216 g/mol. The minimum Gasteiger partial charge on any atom is -0.407 e. The van der Waals surface area contributed by atoms with Gasteiger partial charge in [0.2, 0.25) is 0 Å². The van der Waals surface area contributed by atoms with Crippen LogP contribution in [-0.2, 0) is 9.22 Å². The fourth-order valence-electron chi connectivity index (χ4n) is 1.26. The molecule has 0 aliphatic heterocycles. The first-order valence-corrected chi connectivity index (χ1v) is 8.69. The van der Waals surface area contributed by atoms with Crippen molar-refractivity contribution >= 4 is 14.1 Å². The lowest BCUT2D eigenvalue weighted by Gasteiger charge is -2.34. The Morgan fingerprint density at radius 2 is 1.71 bits per heavy atom. The van der Waals surface area contributed by atoms with Gasteiger partial charge in [-0.1, -0.05) is 27.7 Å². The first-order valence-electron chi connectivity index (χ1n) is 5.28. The van der Waals surface area contributed by atoms with Crippen LogP contribution in [-0.4, -0.2) is 20.2 Å². The second kappa shape index (κ2) is 4.58. The summed E-state index contributed by atoms with van der Waals surface area (Å²) in [4.78, 5) is 11.7. The first kappa shape index (κ1) is 13.8. The molecule has 0 heterocycles. The average Bonchev–Trinajstić information content (AvgIpc) is 1.95. The molecule has 1 unspecified atom stereocenters. The number of carbonyl (C=O) groups excluding carboxylic acids is 1. The SMILES string of the molecule is CCC(=O)C(O[Si](C)(C)C)C(C)(C)C. The highest BCUT2D eigenvalue weighted by Crippen LogP contribution is 2.26. The van der Waals surface area contributed by atoms with Crippen molar-refractivity contribution in [2.24, 2.45) is 5.41 Å². The van der Waals surface area contributed by atoms with Crippen molar-refractivity contribution in [1.29, 1.82) is 0 Å². The minimum atomic E-state index is -1.63. The highest BCUT2D eigenvalue weighted by molar-refractivity contribution is 6.69. The third kappa shape index (κ3) is 4.91. The van der Waals surface area contributed by atoms with Gasteiger partial charge in [0, 0.05) is 6.42 Å². The molecule has 0 aromatic heterocycles. The molecule has 3 heteroatoms. The monoisotopic (exact) mass is 216 g/mol. The Labute approximate surface area is 89.2 Å². The molecule has 0 saturated carbocycles. The van der Waals surface area contributed by atoms with E-state index in [-0.39, 0.29) is 17.3 Å². The first-order chi connectivity index (χ1) is 6.08. The van der Waals surface area contributed by atoms with Crippen molar-refractivity contribution in [1.82, 2.24) is 0 Å². The molecular weight excluding hydrogens is 192 g/mol. The van der Waals surface area contributed by atoms with Crippen LogP contribution in [0, 0.1) is 5.41 Å². The van der Waals surface area contributed by atoms with Crippen molar-refractivity contribution in [3.8, 4) is 0 Å². The van der Waals surface area contributed by atoms with Gasteiger partial charge in [-0.15, -0.1) is 0 Å². The standard InChI is InChI=1S/C11H24O2Si/c1-8-9(12)10(11(2,3)4)13-14(5,6)7/h10H,8H2,1-7H3. The molecule has 84 valence electrons. The molecule has 2 nitrogen and oxygen atoms in total. The van der Waals surface area contributed by atoms with E-state index in [0.717, 1.165) is 0 Å². The summed E-state index contributed by atoms with van der Waals surface area (Å²) in [6, 6.07) is 0. The van der Waals surface area contributed by atoms with Gasteiger partial charge in [0.05, 0.1) is 0 Å². The molecule has 0 aliphatic carbocycles. The topological polar surface area (TPSA) is 26.3 Å². The predicted octanol–water partition coefficient (Wildman–Crippen LogP) is 3.23. The van der Waals surface area contributed by atoms with Crippen molar-refractivity contribution in [2.75, 3.05) is 0 Å². The second-order valence-corrected chi connectivity index (χ2v) is 10.3. The van der Waals surface area contributed by atoms with Gasteiger partial charge >= 0.3 is 0 Å². The maximum atomic E-state index is 11.7. The molecule has 1 atom stereocenters. The zero-order valence-corrected chi connectivity index (χ0v) is 11.6. The number of hydrogen-bond donors (Lipinski definition) is 0. The maximum absolute atomic E-state index is 11.7. The van der Waals surface area contributed by atoms with Crippen LogP contribution in [0.4, 0.5) is 0 Å². The molecular formula is C11H24O2Si. The van der Waals surface area contributed by atoms with E-state index < -0.39 is 8.32 Å². The quantitative estimate of drug-likeness (QED) is 0.674. The van der Waals surface area contributed by atoms with E-state index in [1.807, 2.05) is 6.92 Å². The summed E-state index contributed by atoms with van der Waals surface area (Å²) in [5.41, 5.74) is -0.0899. The fraction of sp³-hybridized carbons (Fsp3) is 0.909. The normalized spacial score (nSPS) is 15.4. The van der Waals surface area contributed by atoms with Crippen LogP contribution >= 0.6 is 0 Å². The van der Waals surface area contributed by atoms with Gasteiger partial charge in [0.15, 0.2) is 14.1 Å². The molecule has 0 aliphatic rings. The van der Waals surface area contributed by atoms with Gasteiger partial charge < -0.3 is 4.43 Å². The zero-order chi connectivity index (χ0) is 11.6. The van der Waals surface area contributed by atoms with E-state index in [0.29, 0.717) is 6.42 Å². The molecule has 0 aromatic rings. The number of rotatable bonds is 4. The lowest BCUT2D eigenvalue weighted by Crippen LogP contribution is -2.44. The Bertz CT molecular complexity index is 198. The lowest BCUT2D eigenvalue weighted by molar-refractivity contribution is -0.130. The summed E-state index contributed by atoms with van der Waals surface area (Å²) in [5.74, 6) is 0.222. The third-order valence-electron chi connectivity index (χ3n) is 1.90. The molecule has 0 radical (unpaired) electrons. The summed E-state index contributed by atoms with van der Waals surface area (Å²) < 4.78 is 5.94. The van der Waals surface area contributed by atoms with E-state index >= 15 is 0 Å². The Morgan fingerprint density at radius 1 is 1.29 bits per heavy atom. The van der Waals surface area contributed by atoms with Gasteiger partial charge in [0.25, 0.3) is 0 Å². The van der Waals surface area contributed by atoms with Gasteiger partial charge in [-0.3, -0.25) is 4.79 Å². The van der Waals surface area contributed by atoms with Gasteiger partial charge in [-0.05, 0) is 25.1 Å². The van der Waals surface area contributed by atoms with Crippen molar-refractivity contribution < 1.29 is 9.22 Å². The Hall–Kier alpha value is -0.153.